The summed E-state index contributed by atoms with van der Waals surface area (Å²) < 4.78 is 7.03. The number of amides is 2. The summed E-state index contributed by atoms with van der Waals surface area (Å²) in [5.41, 5.74) is 1.42. The molecule has 31 heavy (non-hydrogen) atoms. The zero-order valence-corrected chi connectivity index (χ0v) is 19.4. The number of nitrogens with zero attached hydrogens (tertiary/aromatic N) is 1. The van der Waals surface area contributed by atoms with E-state index < -0.39 is 24.4 Å². The maximum absolute atomic E-state index is 12.1. The SMILES string of the molecule is O=C(COCC(=O)Nc1ccc(Cl)cc1C(=O)O)Nc1cccc(-n2cccc2)c1.[H-].[Na+]. The van der Waals surface area contributed by atoms with Crippen molar-refractivity contribution >= 4 is 40.8 Å². The second kappa shape index (κ2) is 11.7. The van der Waals surface area contributed by atoms with Gasteiger partial charge >= 0.3 is 35.5 Å². The van der Waals surface area contributed by atoms with Crippen molar-refractivity contribution in [2.24, 2.45) is 0 Å². The fraction of sp³-hybridized carbons (Fsp3) is 0.0952. The number of ether oxygens (including phenoxy) is 1. The molecule has 156 valence electrons. The van der Waals surface area contributed by atoms with Crippen LogP contribution in [0.5, 0.6) is 0 Å². The average molecular weight is 452 g/mol. The molecule has 3 N–H and O–H groups in total. The Hall–Kier alpha value is -2.62. The van der Waals surface area contributed by atoms with Crippen LogP contribution in [0.4, 0.5) is 11.4 Å². The standard InChI is InChI=1S/C21H18ClN3O5.Na.H/c22-14-6-7-18(17(10-14)21(28)29)24-20(27)13-30-12-19(26)23-15-4-3-5-16(11-15)25-8-1-2-9-25;;/h1-11H,12-13H2,(H,23,26)(H,24,27)(H,28,29);;/q;+1;-1. The van der Waals surface area contributed by atoms with Crippen molar-refractivity contribution in [3.63, 3.8) is 0 Å². The van der Waals surface area contributed by atoms with Crippen LogP contribution >= 0.6 is 11.6 Å². The maximum atomic E-state index is 12.1. The minimum absolute atomic E-state index is 0. The average Bonchev–Trinajstić information content (AvgIpc) is 3.24. The topological polar surface area (TPSA) is 110 Å². The summed E-state index contributed by atoms with van der Waals surface area (Å²) in [7, 11) is 0. The van der Waals surface area contributed by atoms with Crippen LogP contribution < -0.4 is 40.2 Å². The van der Waals surface area contributed by atoms with Crippen molar-refractivity contribution in [1.82, 2.24) is 4.57 Å². The zero-order valence-electron chi connectivity index (χ0n) is 17.7. The summed E-state index contributed by atoms with van der Waals surface area (Å²) in [6.07, 6.45) is 3.78. The maximum Gasteiger partial charge on any atom is 1.00 e. The Bertz CT molecular complexity index is 1080. The third-order valence-corrected chi connectivity index (χ3v) is 4.22. The predicted octanol–water partition coefficient (Wildman–Crippen LogP) is 0.539. The van der Waals surface area contributed by atoms with Crippen LogP contribution in [0.2, 0.25) is 5.02 Å². The van der Waals surface area contributed by atoms with Crippen LogP contribution in [-0.4, -0.2) is 40.7 Å². The van der Waals surface area contributed by atoms with Gasteiger partial charge in [0, 0.05) is 28.8 Å². The molecular formula is C21H19ClN3NaO5. The number of hydrogen-bond donors (Lipinski definition) is 3. The molecule has 0 spiro atoms. The van der Waals surface area contributed by atoms with Gasteiger partial charge in [0.05, 0.1) is 11.3 Å². The summed E-state index contributed by atoms with van der Waals surface area (Å²) in [6, 6.07) is 15.1. The van der Waals surface area contributed by atoms with E-state index in [1.54, 1.807) is 12.1 Å². The molecule has 0 bridgehead atoms. The molecule has 10 heteroatoms. The number of anilines is 2. The number of aromatic carboxylic acids is 1. The first kappa shape index (κ1) is 24.6. The first-order valence-electron chi connectivity index (χ1n) is 8.86. The Balaban J connectivity index is 0.00000256. The Labute approximate surface area is 206 Å². The number of halogens is 1. The third kappa shape index (κ3) is 7.23. The van der Waals surface area contributed by atoms with Crippen molar-refractivity contribution in [1.29, 1.82) is 0 Å². The quantitative estimate of drug-likeness (QED) is 0.433. The molecule has 1 heterocycles. The minimum Gasteiger partial charge on any atom is -1.00 e. The number of carboxylic acids is 1. The molecule has 0 radical (unpaired) electrons. The van der Waals surface area contributed by atoms with Crippen molar-refractivity contribution in [2.75, 3.05) is 23.8 Å². The van der Waals surface area contributed by atoms with Gasteiger partial charge < -0.3 is 26.5 Å². The largest absolute Gasteiger partial charge is 1.00 e. The van der Waals surface area contributed by atoms with Crippen molar-refractivity contribution in [3.05, 3.63) is 77.6 Å². The van der Waals surface area contributed by atoms with Gasteiger partial charge in [-0.3, -0.25) is 9.59 Å². The van der Waals surface area contributed by atoms with Gasteiger partial charge in [0.15, 0.2) is 0 Å². The first-order chi connectivity index (χ1) is 14.4. The van der Waals surface area contributed by atoms with E-state index >= 15 is 0 Å². The molecule has 0 fully saturated rings. The molecule has 8 nitrogen and oxygen atoms in total. The molecule has 0 aliphatic heterocycles. The summed E-state index contributed by atoms with van der Waals surface area (Å²) in [6.45, 7) is -0.758. The predicted molar refractivity (Wildman–Crippen MR) is 113 cm³/mol. The molecule has 1 aromatic heterocycles. The van der Waals surface area contributed by atoms with Gasteiger partial charge in [0.1, 0.15) is 13.2 Å². The molecule has 0 aliphatic rings. The molecule has 3 rings (SSSR count). The molecule has 2 aromatic carbocycles. The number of rotatable bonds is 8. The van der Waals surface area contributed by atoms with E-state index in [1.165, 1.54) is 18.2 Å². The third-order valence-electron chi connectivity index (χ3n) is 3.98. The van der Waals surface area contributed by atoms with E-state index in [4.69, 9.17) is 16.3 Å². The molecule has 0 saturated heterocycles. The molecule has 2 amide bonds. The second-order valence-electron chi connectivity index (χ2n) is 6.22. The number of benzene rings is 2. The van der Waals surface area contributed by atoms with Crippen molar-refractivity contribution in [3.8, 4) is 5.69 Å². The van der Waals surface area contributed by atoms with E-state index in [0.29, 0.717) is 5.69 Å². The number of carbonyl (C=O) groups excluding carboxylic acids is 2. The van der Waals surface area contributed by atoms with Crippen LogP contribution in [-0.2, 0) is 14.3 Å². The van der Waals surface area contributed by atoms with E-state index in [-0.39, 0.29) is 53.9 Å². The van der Waals surface area contributed by atoms with Gasteiger partial charge in [-0.25, -0.2) is 4.79 Å². The van der Waals surface area contributed by atoms with Crippen LogP contribution in [0.25, 0.3) is 5.69 Å². The Morgan fingerprint density at radius 3 is 2.32 bits per heavy atom. The summed E-state index contributed by atoms with van der Waals surface area (Å²) in [4.78, 5) is 35.3. The van der Waals surface area contributed by atoms with Crippen LogP contribution in [0.3, 0.4) is 0 Å². The van der Waals surface area contributed by atoms with E-state index in [9.17, 15) is 19.5 Å². The van der Waals surface area contributed by atoms with Crippen LogP contribution in [0, 0.1) is 0 Å². The van der Waals surface area contributed by atoms with Gasteiger partial charge in [-0.1, -0.05) is 17.7 Å². The summed E-state index contributed by atoms with van der Waals surface area (Å²) >= 11 is 5.77. The molecule has 0 unspecified atom stereocenters. The Morgan fingerprint density at radius 2 is 1.65 bits per heavy atom. The number of carboxylic acid groups (broad SMARTS) is 1. The first-order valence-corrected chi connectivity index (χ1v) is 9.24. The second-order valence-corrected chi connectivity index (χ2v) is 6.66. The van der Waals surface area contributed by atoms with Gasteiger partial charge in [-0.2, -0.15) is 0 Å². The van der Waals surface area contributed by atoms with Gasteiger partial charge in [0.2, 0.25) is 11.8 Å². The Kier molecular flexibility index (Phi) is 9.29. The molecular weight excluding hydrogens is 433 g/mol. The van der Waals surface area contributed by atoms with Crippen LogP contribution in [0.15, 0.2) is 67.0 Å². The van der Waals surface area contributed by atoms with Crippen molar-refractivity contribution < 1.29 is 55.2 Å². The molecule has 3 aromatic rings. The molecule has 0 atom stereocenters. The fourth-order valence-electron chi connectivity index (χ4n) is 2.67. The van der Waals surface area contributed by atoms with E-state index in [2.05, 4.69) is 10.6 Å². The monoisotopic (exact) mass is 451 g/mol. The number of aromatic nitrogens is 1. The molecule has 0 aliphatic carbocycles. The van der Waals surface area contributed by atoms with Gasteiger partial charge in [0.25, 0.3) is 0 Å². The van der Waals surface area contributed by atoms with Gasteiger partial charge in [-0.15, -0.1) is 0 Å². The smallest absolute Gasteiger partial charge is 1.00 e. The van der Waals surface area contributed by atoms with Crippen molar-refractivity contribution in [2.45, 2.75) is 0 Å². The number of carbonyl (C=O) groups is 3. The van der Waals surface area contributed by atoms with E-state index in [0.717, 1.165) is 5.69 Å². The normalized spacial score (nSPS) is 10.1. The Morgan fingerprint density at radius 1 is 0.968 bits per heavy atom. The summed E-state index contributed by atoms with van der Waals surface area (Å²) in [5.74, 6) is -2.25. The van der Waals surface area contributed by atoms with E-state index in [1.807, 2.05) is 41.2 Å². The minimum atomic E-state index is -1.23. The fourth-order valence-corrected chi connectivity index (χ4v) is 2.85. The molecule has 0 saturated carbocycles. The van der Waals surface area contributed by atoms with Gasteiger partial charge in [-0.05, 0) is 48.5 Å². The van der Waals surface area contributed by atoms with Crippen LogP contribution in [0.1, 0.15) is 11.8 Å². The zero-order chi connectivity index (χ0) is 21.5. The summed E-state index contributed by atoms with van der Waals surface area (Å²) in [5, 5.41) is 14.5. The number of hydrogen-bond acceptors (Lipinski definition) is 4. The number of nitrogens with one attached hydrogen (secondary N) is 2.